The summed E-state index contributed by atoms with van der Waals surface area (Å²) in [6, 6.07) is 0. The van der Waals surface area contributed by atoms with E-state index in [2.05, 4.69) is 25.8 Å². The van der Waals surface area contributed by atoms with Crippen LogP contribution >= 0.6 is 15.9 Å². The van der Waals surface area contributed by atoms with E-state index in [9.17, 15) is 15.0 Å². The molecule has 1 spiro atoms. The average molecular weight is 399 g/mol. The Morgan fingerprint density at radius 1 is 1.29 bits per heavy atom. The summed E-state index contributed by atoms with van der Waals surface area (Å²) in [5.74, 6) is -1.26. The molecular weight excluding hydrogens is 376 g/mol. The lowest BCUT2D eigenvalue weighted by atomic mass is 9.88. The molecule has 2 N–H and O–H groups in total. The molecule has 0 radical (unpaired) electrons. The quantitative estimate of drug-likeness (QED) is 0.814. The van der Waals surface area contributed by atoms with Gasteiger partial charge in [0.05, 0.1) is 21.5 Å². The van der Waals surface area contributed by atoms with E-state index in [1.54, 1.807) is 6.92 Å². The number of hydrogen-bond donors (Lipinski definition) is 2. The number of carbonyl (C=O) groups is 1. The molecule has 1 aromatic rings. The van der Waals surface area contributed by atoms with Crippen molar-refractivity contribution in [1.29, 1.82) is 0 Å². The number of hydrogen-bond acceptors (Lipinski definition) is 5. The van der Waals surface area contributed by atoms with Crippen molar-refractivity contribution in [3.63, 3.8) is 0 Å². The maximum atomic E-state index is 11.4. The van der Waals surface area contributed by atoms with Crippen LogP contribution in [0.2, 0.25) is 0 Å². The maximum absolute atomic E-state index is 11.4. The number of carboxylic acids is 1. The first-order chi connectivity index (χ1) is 11.3. The van der Waals surface area contributed by atoms with Crippen molar-refractivity contribution in [2.45, 2.75) is 51.2 Å². The van der Waals surface area contributed by atoms with Gasteiger partial charge in [-0.3, -0.25) is 4.98 Å². The van der Waals surface area contributed by atoms with Gasteiger partial charge in [0.15, 0.2) is 6.10 Å². The van der Waals surface area contributed by atoms with Gasteiger partial charge in [0.2, 0.25) is 0 Å². The van der Waals surface area contributed by atoms with Gasteiger partial charge in [0.1, 0.15) is 0 Å². The van der Waals surface area contributed by atoms with E-state index in [0.29, 0.717) is 11.3 Å². The number of ether oxygens (including phenoxy) is 1. The SMILES string of the molecule is Cc1nc(C)c(C(O)C(=O)O)c(N2CCC3(CCCO3)CC2)c1Br. The first-order valence-electron chi connectivity index (χ1n) is 8.31. The number of halogens is 1. The van der Waals surface area contributed by atoms with Gasteiger partial charge in [-0.25, -0.2) is 4.79 Å². The molecule has 132 valence electrons. The molecular formula is C17H23BrN2O4. The molecule has 0 bridgehead atoms. The van der Waals surface area contributed by atoms with E-state index in [1.165, 1.54) is 0 Å². The molecule has 0 amide bonds. The van der Waals surface area contributed by atoms with Gasteiger partial charge in [0, 0.05) is 31.0 Å². The Hall–Kier alpha value is -1.18. The molecule has 6 nitrogen and oxygen atoms in total. The third-order valence-electron chi connectivity index (χ3n) is 5.19. The van der Waals surface area contributed by atoms with E-state index < -0.39 is 12.1 Å². The van der Waals surface area contributed by atoms with Crippen molar-refractivity contribution in [2.24, 2.45) is 0 Å². The highest BCUT2D eigenvalue weighted by atomic mass is 79.9. The smallest absolute Gasteiger partial charge is 0.337 e. The van der Waals surface area contributed by atoms with Crippen molar-refractivity contribution in [2.75, 3.05) is 24.6 Å². The standard InChI is InChI=1S/C17H23BrN2O4/c1-10-12(15(21)16(22)23)14(13(18)11(2)19-10)20-7-5-17(6-8-20)4-3-9-24-17/h15,21H,3-9H2,1-2H3,(H,22,23). The largest absolute Gasteiger partial charge is 0.479 e. The molecule has 1 atom stereocenters. The highest BCUT2D eigenvalue weighted by Gasteiger charge is 2.40. The van der Waals surface area contributed by atoms with Crippen molar-refractivity contribution < 1.29 is 19.7 Å². The molecule has 0 aromatic carbocycles. The molecule has 0 saturated carbocycles. The van der Waals surface area contributed by atoms with Crippen molar-refractivity contribution >= 4 is 27.6 Å². The zero-order valence-electron chi connectivity index (χ0n) is 14.0. The predicted molar refractivity (Wildman–Crippen MR) is 93.4 cm³/mol. The van der Waals surface area contributed by atoms with Crippen molar-refractivity contribution in [3.05, 3.63) is 21.4 Å². The van der Waals surface area contributed by atoms with E-state index in [0.717, 1.165) is 61.2 Å². The van der Waals surface area contributed by atoms with Crippen LogP contribution in [0, 0.1) is 13.8 Å². The van der Waals surface area contributed by atoms with Crippen LogP contribution in [0.4, 0.5) is 5.69 Å². The van der Waals surface area contributed by atoms with E-state index in [-0.39, 0.29) is 5.60 Å². The molecule has 3 rings (SSSR count). The topological polar surface area (TPSA) is 82.9 Å². The van der Waals surface area contributed by atoms with Crippen molar-refractivity contribution in [1.82, 2.24) is 4.98 Å². The Kier molecular flexibility index (Phi) is 4.86. The Bertz CT molecular complexity index is 648. The summed E-state index contributed by atoms with van der Waals surface area (Å²) in [6.07, 6.45) is 2.47. The number of carboxylic acid groups (broad SMARTS) is 1. The third kappa shape index (κ3) is 3.05. The lowest BCUT2D eigenvalue weighted by Gasteiger charge is -2.41. The molecule has 2 fully saturated rings. The van der Waals surface area contributed by atoms with Crippen LogP contribution in [0.15, 0.2) is 4.47 Å². The second-order valence-corrected chi connectivity index (χ2v) is 7.51. The molecule has 1 unspecified atom stereocenters. The number of piperidine rings is 1. The van der Waals surface area contributed by atoms with Crippen molar-refractivity contribution in [3.8, 4) is 0 Å². The van der Waals surface area contributed by atoms with Gasteiger partial charge in [-0.2, -0.15) is 0 Å². The van der Waals surface area contributed by atoms with Gasteiger partial charge >= 0.3 is 5.97 Å². The monoisotopic (exact) mass is 398 g/mol. The first kappa shape index (κ1) is 17.6. The highest BCUT2D eigenvalue weighted by molar-refractivity contribution is 9.10. The fourth-order valence-electron chi connectivity index (χ4n) is 3.87. The van der Waals surface area contributed by atoms with Crippen LogP contribution in [0.5, 0.6) is 0 Å². The van der Waals surface area contributed by atoms with Gasteiger partial charge < -0.3 is 19.8 Å². The van der Waals surface area contributed by atoms with Gasteiger partial charge in [-0.15, -0.1) is 0 Å². The fraction of sp³-hybridized carbons (Fsp3) is 0.647. The lowest BCUT2D eigenvalue weighted by molar-refractivity contribution is -0.147. The normalized spacial score (nSPS) is 21.2. The van der Waals surface area contributed by atoms with Crippen LogP contribution in [0.25, 0.3) is 0 Å². The van der Waals surface area contributed by atoms with Gasteiger partial charge in [0.25, 0.3) is 0 Å². The third-order valence-corrected chi connectivity index (χ3v) is 6.14. The van der Waals surface area contributed by atoms with Gasteiger partial charge in [-0.05, 0) is 55.5 Å². The van der Waals surface area contributed by atoms with Crippen LogP contribution in [-0.4, -0.2) is 46.5 Å². The Morgan fingerprint density at radius 2 is 1.96 bits per heavy atom. The summed E-state index contributed by atoms with van der Waals surface area (Å²) in [6.45, 7) is 6.01. The molecule has 7 heteroatoms. The first-order valence-corrected chi connectivity index (χ1v) is 9.10. The average Bonchev–Trinajstić information content (AvgIpc) is 2.99. The predicted octanol–water partition coefficient (Wildman–Crippen LogP) is 2.73. The fourth-order valence-corrected chi connectivity index (χ4v) is 4.42. The number of rotatable bonds is 3. The van der Waals surface area contributed by atoms with Crippen LogP contribution < -0.4 is 4.90 Å². The second kappa shape index (κ2) is 6.61. The molecule has 24 heavy (non-hydrogen) atoms. The minimum atomic E-state index is -1.58. The minimum absolute atomic E-state index is 0.00826. The van der Waals surface area contributed by atoms with E-state index >= 15 is 0 Å². The number of aliphatic hydroxyl groups is 1. The highest BCUT2D eigenvalue weighted by Crippen LogP contribution is 2.42. The Morgan fingerprint density at radius 3 is 2.50 bits per heavy atom. The molecule has 1 aromatic heterocycles. The number of aromatic nitrogens is 1. The molecule has 3 heterocycles. The molecule has 2 aliphatic heterocycles. The number of anilines is 1. The van der Waals surface area contributed by atoms with Crippen LogP contribution in [-0.2, 0) is 9.53 Å². The van der Waals surface area contributed by atoms with Crippen LogP contribution in [0.1, 0.15) is 48.7 Å². The van der Waals surface area contributed by atoms with E-state index in [1.807, 2.05) is 6.92 Å². The minimum Gasteiger partial charge on any atom is -0.479 e. The summed E-state index contributed by atoms with van der Waals surface area (Å²) < 4.78 is 6.72. The summed E-state index contributed by atoms with van der Waals surface area (Å²) in [5.41, 5.74) is 2.47. The summed E-state index contributed by atoms with van der Waals surface area (Å²) in [7, 11) is 0. The molecule has 2 aliphatic rings. The molecule has 2 saturated heterocycles. The zero-order chi connectivity index (χ0) is 17.5. The number of aryl methyl sites for hydroxylation is 2. The second-order valence-electron chi connectivity index (χ2n) is 6.72. The number of nitrogens with zero attached hydrogens (tertiary/aromatic N) is 2. The Balaban J connectivity index is 1.96. The Labute approximate surface area is 150 Å². The summed E-state index contributed by atoms with van der Waals surface area (Å²) in [5, 5.41) is 19.5. The lowest BCUT2D eigenvalue weighted by Crippen LogP contribution is -2.44. The maximum Gasteiger partial charge on any atom is 0.337 e. The van der Waals surface area contributed by atoms with Crippen LogP contribution in [0.3, 0.4) is 0 Å². The van der Waals surface area contributed by atoms with Gasteiger partial charge in [-0.1, -0.05) is 0 Å². The number of pyridine rings is 1. The summed E-state index contributed by atoms with van der Waals surface area (Å²) >= 11 is 3.55. The number of aliphatic hydroxyl groups excluding tert-OH is 1. The number of aliphatic carboxylic acids is 1. The molecule has 0 aliphatic carbocycles. The summed E-state index contributed by atoms with van der Waals surface area (Å²) in [4.78, 5) is 17.9. The zero-order valence-corrected chi connectivity index (χ0v) is 15.6. The van der Waals surface area contributed by atoms with E-state index in [4.69, 9.17) is 4.74 Å².